The lowest BCUT2D eigenvalue weighted by Gasteiger charge is -2.42. The predicted molar refractivity (Wildman–Crippen MR) is 90.1 cm³/mol. The molecule has 1 aliphatic rings. The van der Waals surface area contributed by atoms with Gasteiger partial charge in [-0.3, -0.25) is 0 Å². The molecule has 24 heavy (non-hydrogen) atoms. The topological polar surface area (TPSA) is 86.5 Å². The smallest absolute Gasteiger partial charge is 0.356 e. The summed E-state index contributed by atoms with van der Waals surface area (Å²) in [6.07, 6.45) is 5.50. The third-order valence-corrected chi connectivity index (χ3v) is 4.60. The molecule has 1 atom stereocenters. The quantitative estimate of drug-likeness (QED) is 0.873. The first-order valence-electron chi connectivity index (χ1n) is 8.07. The van der Waals surface area contributed by atoms with E-state index in [1.165, 1.54) is 18.0 Å². The van der Waals surface area contributed by atoms with Gasteiger partial charge < -0.3 is 15.1 Å². The SMILES string of the molecule is O=C(O)c1cnc(N2CCCC(CO)(Cc3ccccc3)C2)cn1. The number of aromatic carboxylic acids is 1. The lowest BCUT2D eigenvalue weighted by Crippen LogP contribution is -2.47. The third kappa shape index (κ3) is 3.54. The van der Waals surface area contributed by atoms with Gasteiger partial charge in [0.25, 0.3) is 0 Å². The van der Waals surface area contributed by atoms with Crippen LogP contribution in [0, 0.1) is 5.41 Å². The fourth-order valence-electron chi connectivity index (χ4n) is 3.36. The molecule has 1 aromatic carbocycles. The molecule has 1 saturated heterocycles. The molecule has 6 nitrogen and oxygen atoms in total. The normalized spacial score (nSPS) is 20.8. The number of carbonyl (C=O) groups is 1. The average molecular weight is 327 g/mol. The van der Waals surface area contributed by atoms with E-state index in [2.05, 4.69) is 27.0 Å². The summed E-state index contributed by atoms with van der Waals surface area (Å²) < 4.78 is 0. The molecule has 0 spiro atoms. The van der Waals surface area contributed by atoms with Gasteiger partial charge in [-0.15, -0.1) is 0 Å². The maximum atomic E-state index is 10.9. The van der Waals surface area contributed by atoms with E-state index in [1.54, 1.807) is 0 Å². The fourth-order valence-corrected chi connectivity index (χ4v) is 3.36. The molecule has 0 amide bonds. The van der Waals surface area contributed by atoms with E-state index in [9.17, 15) is 9.90 Å². The molecule has 2 heterocycles. The van der Waals surface area contributed by atoms with Crippen LogP contribution in [0.4, 0.5) is 5.82 Å². The number of hydrogen-bond donors (Lipinski definition) is 2. The number of piperidine rings is 1. The maximum absolute atomic E-state index is 10.9. The number of aliphatic hydroxyl groups is 1. The molecular weight excluding hydrogens is 306 g/mol. The van der Waals surface area contributed by atoms with Crippen LogP contribution in [0.25, 0.3) is 0 Å². The van der Waals surface area contributed by atoms with E-state index < -0.39 is 5.97 Å². The van der Waals surface area contributed by atoms with Crippen LogP contribution in [-0.2, 0) is 6.42 Å². The van der Waals surface area contributed by atoms with Crippen molar-refractivity contribution in [1.29, 1.82) is 0 Å². The Balaban J connectivity index is 1.77. The number of aromatic nitrogens is 2. The van der Waals surface area contributed by atoms with Gasteiger partial charge in [0.2, 0.25) is 0 Å². The van der Waals surface area contributed by atoms with Gasteiger partial charge in [-0.25, -0.2) is 14.8 Å². The summed E-state index contributed by atoms with van der Waals surface area (Å²) in [5.41, 5.74) is 0.932. The highest BCUT2D eigenvalue weighted by molar-refractivity contribution is 5.84. The molecule has 0 saturated carbocycles. The molecule has 1 aromatic heterocycles. The van der Waals surface area contributed by atoms with Crippen molar-refractivity contribution in [2.45, 2.75) is 19.3 Å². The van der Waals surface area contributed by atoms with Gasteiger partial charge in [0.1, 0.15) is 5.82 Å². The molecule has 1 unspecified atom stereocenters. The number of benzene rings is 1. The Bertz CT molecular complexity index is 690. The van der Waals surface area contributed by atoms with Gasteiger partial charge >= 0.3 is 5.97 Å². The predicted octanol–water partition coefficient (Wildman–Crippen LogP) is 2.00. The molecule has 0 radical (unpaired) electrons. The fraction of sp³-hybridized carbons (Fsp3) is 0.389. The van der Waals surface area contributed by atoms with Crippen LogP contribution in [0.3, 0.4) is 0 Å². The zero-order valence-corrected chi connectivity index (χ0v) is 13.4. The second-order valence-corrected chi connectivity index (χ2v) is 6.41. The lowest BCUT2D eigenvalue weighted by molar-refractivity contribution is 0.0690. The van der Waals surface area contributed by atoms with Crippen LogP contribution in [0.15, 0.2) is 42.7 Å². The van der Waals surface area contributed by atoms with Gasteiger partial charge in [-0.2, -0.15) is 0 Å². The van der Waals surface area contributed by atoms with E-state index in [0.29, 0.717) is 12.4 Å². The molecule has 126 valence electrons. The molecule has 1 fully saturated rings. The van der Waals surface area contributed by atoms with E-state index in [0.717, 1.165) is 25.8 Å². The summed E-state index contributed by atoms with van der Waals surface area (Å²) in [7, 11) is 0. The van der Waals surface area contributed by atoms with Crippen LogP contribution >= 0.6 is 0 Å². The van der Waals surface area contributed by atoms with Crippen molar-refractivity contribution in [3.8, 4) is 0 Å². The first-order valence-corrected chi connectivity index (χ1v) is 8.07. The van der Waals surface area contributed by atoms with Crippen LogP contribution in [0.2, 0.25) is 0 Å². The molecule has 2 aromatic rings. The van der Waals surface area contributed by atoms with Gasteiger partial charge in [0, 0.05) is 18.5 Å². The molecular formula is C18H21N3O3. The number of aliphatic hydroxyl groups excluding tert-OH is 1. The second kappa shape index (κ2) is 6.97. The van der Waals surface area contributed by atoms with Gasteiger partial charge in [-0.1, -0.05) is 30.3 Å². The monoisotopic (exact) mass is 327 g/mol. The summed E-state index contributed by atoms with van der Waals surface area (Å²) in [6, 6.07) is 10.2. The first-order chi connectivity index (χ1) is 11.6. The van der Waals surface area contributed by atoms with Gasteiger partial charge in [0.15, 0.2) is 5.69 Å². The zero-order chi connectivity index (χ0) is 17.0. The number of anilines is 1. The number of carboxylic acids is 1. The Morgan fingerprint density at radius 2 is 2.00 bits per heavy atom. The van der Waals surface area contributed by atoms with Gasteiger partial charge in [-0.05, 0) is 24.8 Å². The largest absolute Gasteiger partial charge is 0.476 e. The van der Waals surface area contributed by atoms with E-state index in [1.807, 2.05) is 18.2 Å². The van der Waals surface area contributed by atoms with Crippen molar-refractivity contribution < 1.29 is 15.0 Å². The van der Waals surface area contributed by atoms with Crippen LogP contribution in [-0.4, -0.2) is 45.8 Å². The average Bonchev–Trinajstić information content (AvgIpc) is 2.63. The van der Waals surface area contributed by atoms with Crippen LogP contribution < -0.4 is 4.90 Å². The van der Waals surface area contributed by atoms with Crippen molar-refractivity contribution in [3.63, 3.8) is 0 Å². The number of nitrogens with zero attached hydrogens (tertiary/aromatic N) is 3. The molecule has 2 N–H and O–H groups in total. The van der Waals surface area contributed by atoms with Crippen molar-refractivity contribution in [3.05, 3.63) is 54.0 Å². The maximum Gasteiger partial charge on any atom is 0.356 e. The van der Waals surface area contributed by atoms with Gasteiger partial charge in [0.05, 0.1) is 19.0 Å². The molecule has 0 bridgehead atoms. The van der Waals surface area contributed by atoms with Crippen LogP contribution in [0.1, 0.15) is 28.9 Å². The van der Waals surface area contributed by atoms with E-state index in [-0.39, 0.29) is 17.7 Å². The molecule has 6 heteroatoms. The number of hydrogen-bond acceptors (Lipinski definition) is 5. The molecule has 0 aliphatic carbocycles. The highest BCUT2D eigenvalue weighted by Gasteiger charge is 2.35. The summed E-state index contributed by atoms with van der Waals surface area (Å²) in [5.74, 6) is -0.424. The van der Waals surface area contributed by atoms with Crippen molar-refractivity contribution >= 4 is 11.8 Å². The Hall–Kier alpha value is -2.47. The summed E-state index contributed by atoms with van der Waals surface area (Å²) >= 11 is 0. The second-order valence-electron chi connectivity index (χ2n) is 6.41. The van der Waals surface area contributed by atoms with E-state index >= 15 is 0 Å². The highest BCUT2D eigenvalue weighted by atomic mass is 16.4. The Morgan fingerprint density at radius 3 is 2.62 bits per heavy atom. The zero-order valence-electron chi connectivity index (χ0n) is 13.4. The van der Waals surface area contributed by atoms with Crippen LogP contribution in [0.5, 0.6) is 0 Å². The Kier molecular flexibility index (Phi) is 4.76. The van der Waals surface area contributed by atoms with Crippen molar-refractivity contribution in [2.24, 2.45) is 5.41 Å². The first kappa shape index (κ1) is 16.4. The summed E-state index contributed by atoms with van der Waals surface area (Å²) in [5, 5.41) is 19.0. The molecule has 1 aliphatic heterocycles. The minimum absolute atomic E-state index is 0.0616. The summed E-state index contributed by atoms with van der Waals surface area (Å²) in [6.45, 7) is 1.62. The standard InChI is InChI=1S/C18H21N3O3/c22-13-18(9-14-5-2-1-3-6-14)7-4-8-21(12-18)16-11-19-15(10-20-16)17(23)24/h1-3,5-6,10-11,22H,4,7-9,12-13H2,(H,23,24). The van der Waals surface area contributed by atoms with Crippen molar-refractivity contribution in [1.82, 2.24) is 9.97 Å². The Labute approximate surface area is 140 Å². The third-order valence-electron chi connectivity index (χ3n) is 4.60. The number of carboxylic acid groups (broad SMARTS) is 1. The van der Waals surface area contributed by atoms with Crippen molar-refractivity contribution in [2.75, 3.05) is 24.6 Å². The van der Waals surface area contributed by atoms with E-state index in [4.69, 9.17) is 5.11 Å². The number of rotatable bonds is 5. The molecule has 3 rings (SSSR count). The minimum Gasteiger partial charge on any atom is -0.476 e. The Morgan fingerprint density at radius 1 is 1.21 bits per heavy atom. The summed E-state index contributed by atoms with van der Waals surface area (Å²) in [4.78, 5) is 21.2. The lowest BCUT2D eigenvalue weighted by atomic mass is 9.76. The highest BCUT2D eigenvalue weighted by Crippen LogP contribution is 2.34. The minimum atomic E-state index is -1.08.